The van der Waals surface area contributed by atoms with Crippen LogP contribution in [0.5, 0.6) is 0 Å². The largest absolute Gasteiger partial charge is 0.338 e. The Hall–Kier alpha value is -1.79. The molecule has 0 bridgehead atoms. The summed E-state index contributed by atoms with van der Waals surface area (Å²) in [5.41, 5.74) is 6.58. The standard InChI is InChI=1S/C15H19FN4O/c1-20(13(8-17)10-2-3-10)9-14-18-15(19-21-14)11-4-6-12(16)7-5-11/h4-7,10,13H,2-3,8-9,17H2,1H3. The van der Waals surface area contributed by atoms with Crippen LogP contribution in [0.4, 0.5) is 4.39 Å². The Morgan fingerprint density at radius 3 is 2.71 bits per heavy atom. The molecule has 1 fully saturated rings. The van der Waals surface area contributed by atoms with Crippen molar-refractivity contribution in [3.8, 4) is 11.4 Å². The number of benzene rings is 1. The lowest BCUT2D eigenvalue weighted by Crippen LogP contribution is -2.39. The van der Waals surface area contributed by atoms with Gasteiger partial charge < -0.3 is 10.3 Å². The van der Waals surface area contributed by atoms with Crippen molar-refractivity contribution in [3.63, 3.8) is 0 Å². The van der Waals surface area contributed by atoms with Crippen LogP contribution in [0.15, 0.2) is 28.8 Å². The third kappa shape index (κ3) is 3.28. The fourth-order valence-corrected chi connectivity index (χ4v) is 2.58. The number of hydrogen-bond acceptors (Lipinski definition) is 5. The van der Waals surface area contributed by atoms with Crippen LogP contribution < -0.4 is 5.73 Å². The number of hydrogen-bond donors (Lipinski definition) is 1. The predicted octanol–water partition coefficient (Wildman–Crippen LogP) is 2.04. The highest BCUT2D eigenvalue weighted by molar-refractivity contribution is 5.53. The average molecular weight is 290 g/mol. The van der Waals surface area contributed by atoms with E-state index in [0.717, 1.165) is 5.56 Å². The van der Waals surface area contributed by atoms with Crippen LogP contribution in [-0.2, 0) is 6.54 Å². The summed E-state index contributed by atoms with van der Waals surface area (Å²) >= 11 is 0. The van der Waals surface area contributed by atoms with Crippen molar-refractivity contribution < 1.29 is 8.91 Å². The van der Waals surface area contributed by atoms with E-state index in [2.05, 4.69) is 15.0 Å². The van der Waals surface area contributed by atoms with Gasteiger partial charge in [-0.2, -0.15) is 4.98 Å². The van der Waals surface area contributed by atoms with Gasteiger partial charge in [0.2, 0.25) is 11.7 Å². The van der Waals surface area contributed by atoms with E-state index in [0.29, 0.717) is 36.8 Å². The first-order valence-electron chi connectivity index (χ1n) is 7.16. The minimum absolute atomic E-state index is 0.280. The molecule has 1 atom stereocenters. The molecule has 1 aromatic carbocycles. The molecule has 3 rings (SSSR count). The van der Waals surface area contributed by atoms with Crippen LogP contribution in [0.25, 0.3) is 11.4 Å². The van der Waals surface area contributed by atoms with E-state index in [1.165, 1.54) is 25.0 Å². The van der Waals surface area contributed by atoms with Crippen LogP contribution in [-0.4, -0.2) is 34.7 Å². The third-order valence-electron chi connectivity index (χ3n) is 3.93. The molecule has 6 heteroatoms. The molecule has 1 saturated carbocycles. The number of nitrogens with zero attached hydrogens (tertiary/aromatic N) is 3. The van der Waals surface area contributed by atoms with Crippen molar-refractivity contribution >= 4 is 0 Å². The molecule has 1 heterocycles. The second-order valence-corrected chi connectivity index (χ2v) is 5.57. The topological polar surface area (TPSA) is 68.2 Å². The molecular weight excluding hydrogens is 271 g/mol. The predicted molar refractivity (Wildman–Crippen MR) is 76.7 cm³/mol. The Labute approximate surface area is 122 Å². The number of halogens is 1. The lowest BCUT2D eigenvalue weighted by atomic mass is 10.1. The highest BCUT2D eigenvalue weighted by Gasteiger charge is 2.33. The number of aromatic nitrogens is 2. The molecule has 5 nitrogen and oxygen atoms in total. The lowest BCUT2D eigenvalue weighted by Gasteiger charge is -2.25. The summed E-state index contributed by atoms with van der Waals surface area (Å²) in [6.45, 7) is 1.21. The SMILES string of the molecule is CN(Cc1nc(-c2ccc(F)cc2)no1)C(CN)C1CC1. The highest BCUT2D eigenvalue weighted by Crippen LogP contribution is 2.34. The maximum absolute atomic E-state index is 12.9. The van der Waals surface area contributed by atoms with Crippen molar-refractivity contribution in [2.24, 2.45) is 11.7 Å². The highest BCUT2D eigenvalue weighted by atomic mass is 19.1. The summed E-state index contributed by atoms with van der Waals surface area (Å²) in [7, 11) is 2.03. The molecule has 112 valence electrons. The summed E-state index contributed by atoms with van der Waals surface area (Å²) in [5.74, 6) is 1.45. The summed E-state index contributed by atoms with van der Waals surface area (Å²) in [6.07, 6.45) is 2.49. The van der Waals surface area contributed by atoms with Gasteiger partial charge in [0.15, 0.2) is 0 Å². The van der Waals surface area contributed by atoms with Gasteiger partial charge in [0, 0.05) is 18.2 Å². The molecule has 0 saturated heterocycles. The quantitative estimate of drug-likeness (QED) is 0.881. The van der Waals surface area contributed by atoms with Gasteiger partial charge in [-0.1, -0.05) is 5.16 Å². The molecule has 2 N–H and O–H groups in total. The molecule has 0 amide bonds. The molecule has 0 aliphatic heterocycles. The fraction of sp³-hybridized carbons (Fsp3) is 0.467. The zero-order valence-electron chi connectivity index (χ0n) is 12.0. The monoisotopic (exact) mass is 290 g/mol. The van der Waals surface area contributed by atoms with E-state index in [9.17, 15) is 4.39 Å². The lowest BCUT2D eigenvalue weighted by molar-refractivity contribution is 0.189. The second-order valence-electron chi connectivity index (χ2n) is 5.57. The molecule has 1 unspecified atom stereocenters. The molecule has 1 aliphatic rings. The van der Waals surface area contributed by atoms with Gasteiger partial charge in [0.1, 0.15) is 5.82 Å². The first kappa shape index (κ1) is 14.2. The average Bonchev–Trinajstić information content (AvgIpc) is 3.20. The Balaban J connectivity index is 1.68. The first-order valence-corrected chi connectivity index (χ1v) is 7.16. The van der Waals surface area contributed by atoms with Crippen LogP contribution >= 0.6 is 0 Å². The number of rotatable bonds is 6. The van der Waals surface area contributed by atoms with E-state index in [4.69, 9.17) is 10.3 Å². The van der Waals surface area contributed by atoms with Crippen molar-refractivity contribution in [3.05, 3.63) is 36.0 Å². The minimum Gasteiger partial charge on any atom is -0.338 e. The smallest absolute Gasteiger partial charge is 0.241 e. The Morgan fingerprint density at radius 2 is 2.10 bits per heavy atom. The van der Waals surface area contributed by atoms with Gasteiger partial charge in [-0.25, -0.2) is 4.39 Å². The molecular formula is C15H19FN4O. The zero-order valence-corrected chi connectivity index (χ0v) is 12.0. The maximum Gasteiger partial charge on any atom is 0.241 e. The number of nitrogens with two attached hydrogens (primary N) is 1. The van der Waals surface area contributed by atoms with E-state index in [-0.39, 0.29) is 5.82 Å². The van der Waals surface area contributed by atoms with Gasteiger partial charge in [0.25, 0.3) is 0 Å². The van der Waals surface area contributed by atoms with E-state index in [1.807, 2.05) is 7.05 Å². The summed E-state index contributed by atoms with van der Waals surface area (Å²) in [5, 5.41) is 3.95. The normalized spacial score (nSPS) is 16.4. The van der Waals surface area contributed by atoms with Gasteiger partial charge >= 0.3 is 0 Å². The molecule has 2 aromatic rings. The van der Waals surface area contributed by atoms with Gasteiger partial charge in [0.05, 0.1) is 6.54 Å². The number of likely N-dealkylation sites (N-methyl/N-ethyl adjacent to an activating group) is 1. The van der Waals surface area contributed by atoms with Gasteiger partial charge in [-0.15, -0.1) is 0 Å². The summed E-state index contributed by atoms with van der Waals surface area (Å²) in [6, 6.07) is 6.41. The van der Waals surface area contributed by atoms with E-state index >= 15 is 0 Å². The molecule has 0 spiro atoms. The first-order chi connectivity index (χ1) is 10.2. The van der Waals surface area contributed by atoms with Crippen molar-refractivity contribution in [1.29, 1.82) is 0 Å². The summed E-state index contributed by atoms with van der Waals surface area (Å²) in [4.78, 5) is 6.53. The van der Waals surface area contributed by atoms with Crippen molar-refractivity contribution in [2.45, 2.75) is 25.4 Å². The second kappa shape index (κ2) is 5.91. The zero-order chi connectivity index (χ0) is 14.8. The molecule has 0 radical (unpaired) electrons. The van der Waals surface area contributed by atoms with Crippen LogP contribution in [0, 0.1) is 11.7 Å². The Bertz CT molecular complexity index is 594. The van der Waals surface area contributed by atoms with E-state index in [1.54, 1.807) is 12.1 Å². The maximum atomic E-state index is 12.9. The Morgan fingerprint density at radius 1 is 1.38 bits per heavy atom. The van der Waals surface area contributed by atoms with Crippen LogP contribution in [0.3, 0.4) is 0 Å². The van der Waals surface area contributed by atoms with E-state index < -0.39 is 0 Å². The molecule has 1 aliphatic carbocycles. The van der Waals surface area contributed by atoms with Crippen molar-refractivity contribution in [2.75, 3.05) is 13.6 Å². The van der Waals surface area contributed by atoms with Crippen molar-refractivity contribution in [1.82, 2.24) is 15.0 Å². The third-order valence-corrected chi connectivity index (χ3v) is 3.93. The van der Waals surface area contributed by atoms with Crippen LogP contribution in [0.1, 0.15) is 18.7 Å². The van der Waals surface area contributed by atoms with Gasteiger partial charge in [-0.05, 0) is 50.1 Å². The summed E-state index contributed by atoms with van der Waals surface area (Å²) < 4.78 is 18.2. The molecule has 1 aromatic heterocycles. The molecule has 21 heavy (non-hydrogen) atoms. The Kier molecular flexibility index (Phi) is 3.98. The minimum atomic E-state index is -0.280. The fourth-order valence-electron chi connectivity index (χ4n) is 2.58. The van der Waals surface area contributed by atoms with Gasteiger partial charge in [-0.3, -0.25) is 4.90 Å². The van der Waals surface area contributed by atoms with Crippen LogP contribution in [0.2, 0.25) is 0 Å².